The van der Waals surface area contributed by atoms with Crippen LogP contribution < -0.4 is 14.5 Å². The molecule has 1 aliphatic rings. The van der Waals surface area contributed by atoms with E-state index in [0.717, 1.165) is 62.2 Å². The van der Waals surface area contributed by atoms with Gasteiger partial charge in [0.05, 0.1) is 28.1 Å². The van der Waals surface area contributed by atoms with E-state index in [1.54, 1.807) is 0 Å². The van der Waals surface area contributed by atoms with Gasteiger partial charge in [0.15, 0.2) is 5.82 Å². The first kappa shape index (κ1) is 38.1. The molecule has 0 fully saturated rings. The van der Waals surface area contributed by atoms with Crippen molar-refractivity contribution < 1.29 is 4.74 Å². The minimum atomic E-state index is -0.151. The number of hydrogen-bond acceptors (Lipinski definition) is 6. The number of benzene rings is 4. The number of hydrogen-bond donors (Lipinski definition) is 0. The molecule has 0 spiro atoms. The monoisotopic (exact) mass is 776 g/mol. The molecular weight excluding hydrogens is 725 g/mol. The molecule has 7 heteroatoms. The van der Waals surface area contributed by atoms with Crippen LogP contribution >= 0.6 is 0 Å². The third kappa shape index (κ3) is 6.98. The average molecular weight is 777 g/mol. The first-order chi connectivity index (χ1) is 28.1. The molecule has 4 aromatic heterocycles. The summed E-state index contributed by atoms with van der Waals surface area (Å²) >= 11 is 0. The molecule has 1 aliphatic heterocycles. The Morgan fingerprint density at radius 1 is 0.525 bits per heavy atom. The van der Waals surface area contributed by atoms with Crippen LogP contribution in [-0.2, 0) is 16.2 Å². The van der Waals surface area contributed by atoms with Gasteiger partial charge in [0, 0.05) is 52.7 Å². The summed E-state index contributed by atoms with van der Waals surface area (Å²) in [5, 5.41) is 2.33. The molecule has 8 aromatic rings. The largest absolute Gasteiger partial charge is 0.457 e. The molecule has 0 bridgehead atoms. The highest BCUT2D eigenvalue weighted by Crippen LogP contribution is 2.50. The molecule has 0 amide bonds. The second-order valence-electron chi connectivity index (χ2n) is 18.8. The maximum Gasteiger partial charge on any atom is 0.158 e. The Labute approximate surface area is 348 Å². The molecule has 0 radical (unpaired) electrons. The number of anilines is 4. The molecule has 0 saturated carbocycles. The fourth-order valence-corrected chi connectivity index (χ4v) is 8.36. The molecular formula is C52H52N6O. The zero-order valence-corrected chi connectivity index (χ0v) is 35.6. The summed E-state index contributed by atoms with van der Waals surface area (Å²) in [4.78, 5) is 19.4. The third-order valence-corrected chi connectivity index (χ3v) is 11.4. The predicted octanol–water partition coefficient (Wildman–Crippen LogP) is 13.6. The molecule has 0 aliphatic carbocycles. The second-order valence-corrected chi connectivity index (χ2v) is 18.8. The summed E-state index contributed by atoms with van der Waals surface area (Å²) in [6, 6.07) is 42.6. The number of pyridine rings is 3. The normalized spacial score (nSPS) is 13.4. The summed E-state index contributed by atoms with van der Waals surface area (Å²) in [6.07, 6.45) is 5.67. The SMILES string of the molecule is CC(C)(C)c1ccnc(-n2c3ccccc3c3ccc(Oc4cccc(N5CN(c6c(C(C)(C)C)cc(-c7ccccn7)cc6C(C)(C)C)c6cccnc65)c4)cc32)c1. The number of fused-ring (bicyclic) bond motifs is 4. The van der Waals surface area contributed by atoms with E-state index in [0.29, 0.717) is 6.67 Å². The maximum absolute atomic E-state index is 6.73. The van der Waals surface area contributed by atoms with E-state index in [4.69, 9.17) is 19.7 Å². The van der Waals surface area contributed by atoms with Gasteiger partial charge in [0.2, 0.25) is 0 Å². The van der Waals surface area contributed by atoms with Crippen molar-refractivity contribution in [1.82, 2.24) is 19.5 Å². The van der Waals surface area contributed by atoms with Crippen LogP contribution in [0.1, 0.15) is 79.0 Å². The smallest absolute Gasteiger partial charge is 0.158 e. The van der Waals surface area contributed by atoms with E-state index in [2.05, 4.69) is 180 Å². The molecule has 0 N–H and O–H groups in total. The van der Waals surface area contributed by atoms with Crippen LogP contribution in [0.15, 0.2) is 140 Å². The van der Waals surface area contributed by atoms with E-state index in [1.807, 2.05) is 36.8 Å². The minimum absolute atomic E-state index is 0.00733. The van der Waals surface area contributed by atoms with E-state index < -0.39 is 0 Å². The van der Waals surface area contributed by atoms with Gasteiger partial charge in [-0.2, -0.15) is 0 Å². The zero-order chi connectivity index (χ0) is 41.3. The number of aromatic nitrogens is 4. The Morgan fingerprint density at radius 2 is 1.24 bits per heavy atom. The first-order valence-corrected chi connectivity index (χ1v) is 20.5. The summed E-state index contributed by atoms with van der Waals surface area (Å²) in [5.74, 6) is 3.31. The van der Waals surface area contributed by atoms with Crippen molar-refractivity contribution in [2.75, 3.05) is 16.5 Å². The lowest BCUT2D eigenvalue weighted by Crippen LogP contribution is -2.30. The van der Waals surface area contributed by atoms with Crippen molar-refractivity contribution in [2.24, 2.45) is 0 Å². The minimum Gasteiger partial charge on any atom is -0.457 e. The van der Waals surface area contributed by atoms with Crippen LogP contribution in [0.4, 0.5) is 22.9 Å². The summed E-state index contributed by atoms with van der Waals surface area (Å²) < 4.78 is 8.99. The Morgan fingerprint density at radius 3 is 1.97 bits per heavy atom. The predicted molar refractivity (Wildman–Crippen MR) is 244 cm³/mol. The van der Waals surface area contributed by atoms with Crippen LogP contribution in [0.25, 0.3) is 38.9 Å². The van der Waals surface area contributed by atoms with Crippen LogP contribution in [0, 0.1) is 0 Å². The Hall–Kier alpha value is -6.47. The summed E-state index contributed by atoms with van der Waals surface area (Å²) in [7, 11) is 0. The van der Waals surface area contributed by atoms with E-state index in [1.165, 1.54) is 27.8 Å². The number of ether oxygens (including phenoxy) is 1. The van der Waals surface area contributed by atoms with E-state index in [-0.39, 0.29) is 16.2 Å². The summed E-state index contributed by atoms with van der Waals surface area (Å²) in [6.45, 7) is 21.1. The number of rotatable bonds is 6. The van der Waals surface area contributed by atoms with Crippen molar-refractivity contribution in [2.45, 2.75) is 78.6 Å². The fraction of sp³-hybridized carbons (Fsp3) is 0.250. The van der Waals surface area contributed by atoms with Gasteiger partial charge >= 0.3 is 0 Å². The lowest BCUT2D eigenvalue weighted by Gasteiger charge is -2.35. The zero-order valence-electron chi connectivity index (χ0n) is 35.6. The van der Waals surface area contributed by atoms with E-state index in [9.17, 15) is 0 Å². The maximum atomic E-state index is 6.73. The van der Waals surface area contributed by atoms with Crippen molar-refractivity contribution in [3.05, 3.63) is 157 Å². The Kier molecular flexibility index (Phi) is 9.11. The Bertz CT molecular complexity index is 2820. The van der Waals surface area contributed by atoms with Crippen LogP contribution in [0.2, 0.25) is 0 Å². The van der Waals surface area contributed by atoms with Gasteiger partial charge < -0.3 is 14.5 Å². The fourth-order valence-electron chi connectivity index (χ4n) is 8.36. The molecule has 4 aromatic carbocycles. The second kappa shape index (κ2) is 14.1. The highest BCUT2D eigenvalue weighted by molar-refractivity contribution is 6.09. The van der Waals surface area contributed by atoms with Crippen LogP contribution in [-0.4, -0.2) is 26.2 Å². The first-order valence-electron chi connectivity index (χ1n) is 20.5. The van der Waals surface area contributed by atoms with Crippen molar-refractivity contribution in [1.29, 1.82) is 0 Å². The van der Waals surface area contributed by atoms with Gasteiger partial charge in [-0.3, -0.25) is 9.55 Å². The molecule has 296 valence electrons. The van der Waals surface area contributed by atoms with Crippen molar-refractivity contribution in [3.8, 4) is 28.6 Å². The van der Waals surface area contributed by atoms with Gasteiger partial charge in [-0.1, -0.05) is 92.6 Å². The van der Waals surface area contributed by atoms with Crippen molar-refractivity contribution >= 4 is 44.7 Å². The molecule has 9 rings (SSSR count). The third-order valence-electron chi connectivity index (χ3n) is 11.4. The average Bonchev–Trinajstić information content (AvgIpc) is 3.76. The molecule has 0 atom stereocenters. The van der Waals surface area contributed by atoms with Gasteiger partial charge in [0.25, 0.3) is 0 Å². The van der Waals surface area contributed by atoms with Gasteiger partial charge in [-0.25, -0.2) is 9.97 Å². The van der Waals surface area contributed by atoms with Crippen LogP contribution in [0.5, 0.6) is 11.5 Å². The molecule has 7 nitrogen and oxygen atoms in total. The highest BCUT2D eigenvalue weighted by atomic mass is 16.5. The topological polar surface area (TPSA) is 59.3 Å². The quantitative estimate of drug-likeness (QED) is 0.168. The number of para-hydroxylation sites is 1. The standard InChI is InChI=1S/C52H52N6O/c1-50(2,3)35-24-27-54-47(30-35)58-44-20-11-10-18-39(44)40-23-22-38(32-46(40)58)59-37-17-14-16-36(31-37)56-33-57(45-21-15-26-55-49(45)56)48-41(51(4,5)6)28-34(29-42(48)52(7,8)9)43-19-12-13-25-53-43/h10-32H,33H2,1-9H3. The highest BCUT2D eigenvalue weighted by Gasteiger charge is 2.36. The van der Waals surface area contributed by atoms with Gasteiger partial charge in [-0.15, -0.1) is 0 Å². The van der Waals surface area contributed by atoms with Crippen molar-refractivity contribution in [3.63, 3.8) is 0 Å². The van der Waals surface area contributed by atoms with Gasteiger partial charge in [-0.05, 0) is 112 Å². The van der Waals surface area contributed by atoms with Crippen LogP contribution in [0.3, 0.4) is 0 Å². The lowest BCUT2D eigenvalue weighted by atomic mass is 9.77. The molecule has 0 unspecified atom stereocenters. The summed E-state index contributed by atoms with van der Waals surface area (Å²) in [5.41, 5.74) is 11.0. The molecule has 59 heavy (non-hydrogen) atoms. The lowest BCUT2D eigenvalue weighted by molar-refractivity contribution is 0.483. The number of nitrogens with zero attached hydrogens (tertiary/aromatic N) is 6. The molecule has 5 heterocycles. The molecule has 0 saturated heterocycles. The Balaban J connectivity index is 1.10. The van der Waals surface area contributed by atoms with Gasteiger partial charge in [0.1, 0.15) is 24.0 Å². The van der Waals surface area contributed by atoms with E-state index >= 15 is 0 Å².